The highest BCUT2D eigenvalue weighted by atomic mass is 14.4. The minimum absolute atomic E-state index is 0.288. The maximum Gasteiger partial charge on any atom is 0.0133 e. The molecular formula is C19H27N. The molecule has 1 heteroatoms. The van der Waals surface area contributed by atoms with Crippen molar-refractivity contribution < 1.29 is 0 Å². The van der Waals surface area contributed by atoms with Crippen molar-refractivity contribution in [2.24, 2.45) is 5.41 Å². The monoisotopic (exact) mass is 269 g/mol. The van der Waals surface area contributed by atoms with Gasteiger partial charge in [0, 0.05) is 12.1 Å². The molecule has 0 aliphatic heterocycles. The zero-order valence-electron chi connectivity index (χ0n) is 13.3. The molecule has 0 aliphatic rings. The van der Waals surface area contributed by atoms with Crippen molar-refractivity contribution in [3.63, 3.8) is 0 Å². The van der Waals surface area contributed by atoms with E-state index in [2.05, 4.69) is 58.2 Å². The lowest BCUT2D eigenvalue weighted by atomic mass is 9.88. The Kier molecular flexibility index (Phi) is 5.50. The molecule has 20 heavy (non-hydrogen) atoms. The molecule has 0 amide bonds. The smallest absolute Gasteiger partial charge is 0.0133 e. The highest BCUT2D eigenvalue weighted by Gasteiger charge is 2.12. The summed E-state index contributed by atoms with van der Waals surface area (Å²) in [6.07, 6.45) is 2.57. The van der Waals surface area contributed by atoms with E-state index in [0.717, 1.165) is 40.8 Å². The van der Waals surface area contributed by atoms with Crippen LogP contribution in [0.15, 0.2) is 37.4 Å². The van der Waals surface area contributed by atoms with Crippen LogP contribution in [-0.4, -0.2) is 5.71 Å². The zero-order valence-corrected chi connectivity index (χ0v) is 13.3. The molecule has 0 saturated carbocycles. The summed E-state index contributed by atoms with van der Waals surface area (Å²) >= 11 is 0. The van der Waals surface area contributed by atoms with E-state index in [1.807, 2.05) is 6.92 Å². The lowest BCUT2D eigenvalue weighted by Gasteiger charge is -2.18. The molecule has 0 aliphatic carbocycles. The maximum absolute atomic E-state index is 8.08. The van der Waals surface area contributed by atoms with E-state index in [-0.39, 0.29) is 5.41 Å². The Balaban J connectivity index is 2.58. The van der Waals surface area contributed by atoms with Crippen molar-refractivity contribution in [1.29, 1.82) is 5.41 Å². The molecule has 1 N–H and O–H groups in total. The van der Waals surface area contributed by atoms with Crippen LogP contribution in [0, 0.1) is 10.8 Å². The van der Waals surface area contributed by atoms with E-state index in [1.165, 1.54) is 0 Å². The Hall–Kier alpha value is -1.63. The molecule has 1 nitrogen and oxygen atoms in total. The first-order chi connectivity index (χ1) is 9.19. The van der Waals surface area contributed by atoms with Gasteiger partial charge in [0.1, 0.15) is 0 Å². The van der Waals surface area contributed by atoms with Crippen LogP contribution in [0.2, 0.25) is 0 Å². The highest BCUT2D eigenvalue weighted by Crippen LogP contribution is 2.24. The molecule has 1 rings (SSSR count). The summed E-state index contributed by atoms with van der Waals surface area (Å²) in [4.78, 5) is 0. The third kappa shape index (κ3) is 5.56. The fraction of sp³-hybridized carbons (Fsp3) is 0.421. The Bertz CT molecular complexity index is 498. The molecule has 108 valence electrons. The van der Waals surface area contributed by atoms with Crippen molar-refractivity contribution in [3.05, 3.63) is 48.6 Å². The molecule has 0 aromatic heterocycles. The summed E-state index contributed by atoms with van der Waals surface area (Å²) in [6, 6.07) is 8.29. The van der Waals surface area contributed by atoms with Crippen LogP contribution in [-0.2, 0) is 0 Å². The zero-order chi connectivity index (χ0) is 15.3. The summed E-state index contributed by atoms with van der Waals surface area (Å²) in [6.45, 7) is 16.7. The van der Waals surface area contributed by atoms with Crippen molar-refractivity contribution in [2.45, 2.75) is 47.0 Å². The van der Waals surface area contributed by atoms with E-state index >= 15 is 0 Å². The van der Waals surface area contributed by atoms with E-state index in [4.69, 9.17) is 5.41 Å². The van der Waals surface area contributed by atoms with Crippen LogP contribution < -0.4 is 0 Å². The summed E-state index contributed by atoms with van der Waals surface area (Å²) in [7, 11) is 0. The summed E-state index contributed by atoms with van der Waals surface area (Å²) in [5.74, 6) is 0. The lowest BCUT2D eigenvalue weighted by Crippen LogP contribution is -2.08. The van der Waals surface area contributed by atoms with Crippen molar-refractivity contribution in [3.8, 4) is 0 Å². The molecule has 0 heterocycles. The first-order valence-electron chi connectivity index (χ1n) is 7.19. The molecule has 0 bridgehead atoms. The number of benzene rings is 1. The molecule has 0 radical (unpaired) electrons. The molecule has 0 saturated heterocycles. The Morgan fingerprint density at radius 3 is 2.00 bits per heavy atom. The molecule has 0 unspecified atom stereocenters. The van der Waals surface area contributed by atoms with Gasteiger partial charge in [0.2, 0.25) is 0 Å². The third-order valence-electron chi connectivity index (χ3n) is 3.39. The standard InChI is InChI=1S/C19H27N/c1-14(2)16-7-9-17(10-8-16)15(3)13-18(20)11-12-19(4,5)6/h7-10,20H,1,3,11-13H2,2,4-6H3. The van der Waals surface area contributed by atoms with Crippen LogP contribution >= 0.6 is 0 Å². The van der Waals surface area contributed by atoms with Gasteiger partial charge in [0.15, 0.2) is 0 Å². The third-order valence-corrected chi connectivity index (χ3v) is 3.39. The van der Waals surface area contributed by atoms with Gasteiger partial charge in [-0.2, -0.15) is 0 Å². The normalized spacial score (nSPS) is 11.2. The Morgan fingerprint density at radius 2 is 1.55 bits per heavy atom. The maximum atomic E-state index is 8.08. The summed E-state index contributed by atoms with van der Waals surface area (Å²) in [5, 5.41) is 8.08. The molecular weight excluding hydrogens is 242 g/mol. The number of allylic oxidation sites excluding steroid dienone is 2. The molecule has 0 spiro atoms. The topological polar surface area (TPSA) is 23.9 Å². The van der Waals surface area contributed by atoms with Crippen LogP contribution in [0.1, 0.15) is 58.1 Å². The molecule has 0 atom stereocenters. The second-order valence-corrected chi connectivity index (χ2v) is 6.80. The van der Waals surface area contributed by atoms with Gasteiger partial charge < -0.3 is 5.41 Å². The van der Waals surface area contributed by atoms with Gasteiger partial charge >= 0.3 is 0 Å². The average Bonchev–Trinajstić information content (AvgIpc) is 2.35. The van der Waals surface area contributed by atoms with Gasteiger partial charge in [0.05, 0.1) is 0 Å². The van der Waals surface area contributed by atoms with Gasteiger partial charge in [-0.15, -0.1) is 0 Å². The van der Waals surface area contributed by atoms with Crippen LogP contribution in [0.4, 0.5) is 0 Å². The first-order valence-corrected chi connectivity index (χ1v) is 7.19. The van der Waals surface area contributed by atoms with Crippen molar-refractivity contribution >= 4 is 16.9 Å². The Morgan fingerprint density at radius 1 is 1.05 bits per heavy atom. The predicted octanol–water partition coefficient (Wildman–Crippen LogP) is 5.97. The quantitative estimate of drug-likeness (QED) is 0.615. The molecule has 1 aromatic carbocycles. The van der Waals surface area contributed by atoms with Crippen LogP contribution in [0.25, 0.3) is 11.1 Å². The average molecular weight is 269 g/mol. The fourth-order valence-corrected chi connectivity index (χ4v) is 1.96. The highest BCUT2D eigenvalue weighted by molar-refractivity contribution is 5.91. The minimum atomic E-state index is 0.288. The van der Waals surface area contributed by atoms with Gasteiger partial charge in [-0.25, -0.2) is 0 Å². The first kappa shape index (κ1) is 16.4. The SMILES string of the molecule is C=C(C)c1ccc(C(=C)CC(=N)CCC(C)(C)C)cc1. The number of nitrogens with one attached hydrogen (secondary N) is 1. The van der Waals surface area contributed by atoms with Gasteiger partial charge in [-0.1, -0.05) is 63.8 Å². The van der Waals surface area contributed by atoms with Crippen LogP contribution in [0.3, 0.4) is 0 Å². The fourth-order valence-electron chi connectivity index (χ4n) is 1.96. The van der Waals surface area contributed by atoms with Crippen molar-refractivity contribution in [1.82, 2.24) is 0 Å². The summed E-state index contributed by atoms with van der Waals surface area (Å²) < 4.78 is 0. The largest absolute Gasteiger partial charge is 0.309 e. The van der Waals surface area contributed by atoms with Crippen molar-refractivity contribution in [2.75, 3.05) is 0 Å². The van der Waals surface area contributed by atoms with Gasteiger partial charge in [-0.05, 0) is 41.9 Å². The van der Waals surface area contributed by atoms with E-state index in [0.29, 0.717) is 6.42 Å². The Labute approximate surface area is 123 Å². The van der Waals surface area contributed by atoms with Crippen LogP contribution in [0.5, 0.6) is 0 Å². The lowest BCUT2D eigenvalue weighted by molar-refractivity contribution is 0.385. The molecule has 1 aromatic rings. The number of hydrogen-bond acceptors (Lipinski definition) is 1. The second-order valence-electron chi connectivity index (χ2n) is 6.80. The van der Waals surface area contributed by atoms with E-state index in [1.54, 1.807) is 0 Å². The van der Waals surface area contributed by atoms with E-state index in [9.17, 15) is 0 Å². The predicted molar refractivity (Wildman–Crippen MR) is 91.2 cm³/mol. The minimum Gasteiger partial charge on any atom is -0.309 e. The number of hydrogen-bond donors (Lipinski definition) is 1. The second kappa shape index (κ2) is 6.69. The van der Waals surface area contributed by atoms with Gasteiger partial charge in [-0.3, -0.25) is 0 Å². The molecule has 0 fully saturated rings. The van der Waals surface area contributed by atoms with E-state index < -0.39 is 0 Å². The van der Waals surface area contributed by atoms with Gasteiger partial charge in [0.25, 0.3) is 0 Å². The summed E-state index contributed by atoms with van der Waals surface area (Å²) in [5.41, 5.74) is 5.43. The number of rotatable bonds is 6.